The molecule has 0 bridgehead atoms. The van der Waals surface area contributed by atoms with Gasteiger partial charge >= 0.3 is 0 Å². The van der Waals surface area contributed by atoms with Crippen LogP contribution in [0.2, 0.25) is 0 Å². The zero-order chi connectivity index (χ0) is 25.3. The fourth-order valence-corrected chi connectivity index (χ4v) is 6.17. The molecule has 2 amide bonds. The van der Waals surface area contributed by atoms with Crippen molar-refractivity contribution < 1.29 is 23.8 Å². The molecule has 8 heteroatoms. The van der Waals surface area contributed by atoms with E-state index in [-0.39, 0.29) is 24.0 Å². The van der Waals surface area contributed by atoms with Crippen LogP contribution in [0.25, 0.3) is 10.9 Å². The van der Waals surface area contributed by atoms with Gasteiger partial charge in [0.15, 0.2) is 0 Å². The van der Waals surface area contributed by atoms with Crippen molar-refractivity contribution in [2.75, 3.05) is 27.4 Å². The van der Waals surface area contributed by atoms with Crippen molar-refractivity contribution in [3.8, 4) is 11.5 Å². The summed E-state index contributed by atoms with van der Waals surface area (Å²) in [6, 6.07) is 5.71. The zero-order valence-electron chi connectivity index (χ0n) is 21.8. The first kappa shape index (κ1) is 24.9. The van der Waals surface area contributed by atoms with E-state index >= 15 is 0 Å². The number of hydrogen-bond acceptors (Lipinski definition) is 5. The minimum atomic E-state index is -1.06. The number of aromatic nitrogens is 1. The Morgan fingerprint density at radius 2 is 1.75 bits per heavy atom. The molecule has 3 heterocycles. The summed E-state index contributed by atoms with van der Waals surface area (Å²) >= 11 is 0. The van der Waals surface area contributed by atoms with Crippen LogP contribution in [0.15, 0.2) is 18.2 Å². The normalized spacial score (nSPS) is 25.4. The molecule has 1 aromatic carbocycles. The number of nitrogens with one attached hydrogen (secondary N) is 1. The van der Waals surface area contributed by atoms with Crippen molar-refractivity contribution in [3.05, 3.63) is 23.9 Å². The lowest BCUT2D eigenvalue weighted by atomic mass is 9.91. The highest BCUT2D eigenvalue weighted by Gasteiger charge is 2.49. The average Bonchev–Trinajstić information content (AvgIpc) is 3.51. The molecule has 0 unspecified atom stereocenters. The van der Waals surface area contributed by atoms with Gasteiger partial charge in [-0.1, -0.05) is 32.1 Å². The van der Waals surface area contributed by atoms with E-state index in [4.69, 9.17) is 14.2 Å². The molecular weight excluding hydrogens is 458 g/mol. The van der Waals surface area contributed by atoms with Crippen molar-refractivity contribution in [2.24, 2.45) is 0 Å². The maximum Gasteiger partial charge on any atom is 0.271 e. The largest absolute Gasteiger partial charge is 0.496 e. The predicted molar refractivity (Wildman–Crippen MR) is 138 cm³/mol. The van der Waals surface area contributed by atoms with Crippen molar-refractivity contribution in [2.45, 2.75) is 88.9 Å². The van der Waals surface area contributed by atoms with Gasteiger partial charge in [-0.05, 0) is 50.8 Å². The lowest BCUT2D eigenvalue weighted by Gasteiger charge is -2.45. The molecule has 5 rings (SSSR count). The van der Waals surface area contributed by atoms with Gasteiger partial charge in [-0.2, -0.15) is 0 Å². The second kappa shape index (κ2) is 10.3. The molecule has 1 saturated carbocycles. The monoisotopic (exact) mass is 497 g/mol. The van der Waals surface area contributed by atoms with E-state index < -0.39 is 5.54 Å². The van der Waals surface area contributed by atoms with Gasteiger partial charge in [-0.15, -0.1) is 0 Å². The Balaban J connectivity index is 1.55. The smallest absolute Gasteiger partial charge is 0.271 e. The summed E-state index contributed by atoms with van der Waals surface area (Å²) in [5, 5.41) is 4.16. The van der Waals surface area contributed by atoms with E-state index in [2.05, 4.69) is 5.32 Å². The van der Waals surface area contributed by atoms with Crippen molar-refractivity contribution >= 4 is 22.7 Å². The molecule has 1 aliphatic carbocycles. The highest BCUT2D eigenvalue weighted by atomic mass is 16.5. The summed E-state index contributed by atoms with van der Waals surface area (Å²) in [5.74, 6) is 1.08. The number of hydrogen-bond donors (Lipinski definition) is 1. The maximum absolute atomic E-state index is 14.1. The number of methoxy groups -OCH3 is 2. The van der Waals surface area contributed by atoms with Gasteiger partial charge < -0.3 is 29.0 Å². The van der Waals surface area contributed by atoms with Gasteiger partial charge in [-0.25, -0.2) is 0 Å². The number of rotatable bonds is 6. The Morgan fingerprint density at radius 1 is 1.06 bits per heavy atom. The maximum atomic E-state index is 14.1. The zero-order valence-corrected chi connectivity index (χ0v) is 21.8. The number of amides is 2. The fourth-order valence-electron chi connectivity index (χ4n) is 6.17. The van der Waals surface area contributed by atoms with E-state index in [0.29, 0.717) is 36.9 Å². The molecule has 3 aliphatic rings. The summed E-state index contributed by atoms with van der Waals surface area (Å²) < 4.78 is 19.1. The van der Waals surface area contributed by atoms with E-state index in [1.807, 2.05) is 29.7 Å². The second-order valence-electron chi connectivity index (χ2n) is 10.7. The number of carbonyl (C=O) groups excluding carboxylic acids is 2. The quantitative estimate of drug-likeness (QED) is 0.644. The molecule has 2 aliphatic heterocycles. The average molecular weight is 498 g/mol. The van der Waals surface area contributed by atoms with Crippen LogP contribution in [0.3, 0.4) is 0 Å². The van der Waals surface area contributed by atoms with E-state index in [0.717, 1.165) is 49.4 Å². The molecule has 36 heavy (non-hydrogen) atoms. The number of ether oxygens (including phenoxy) is 3. The molecule has 1 N–H and O–H groups in total. The molecule has 1 aromatic heterocycles. The topological polar surface area (TPSA) is 82.0 Å². The minimum Gasteiger partial charge on any atom is -0.496 e. The van der Waals surface area contributed by atoms with Crippen molar-refractivity contribution in [1.29, 1.82) is 0 Å². The van der Waals surface area contributed by atoms with Crippen LogP contribution in [0.4, 0.5) is 0 Å². The fraction of sp³-hybridized carbons (Fsp3) is 0.643. The molecule has 2 fully saturated rings. The van der Waals surface area contributed by atoms with Crippen LogP contribution >= 0.6 is 0 Å². The number of fused-ring (bicyclic) bond motifs is 3. The third-order valence-electron chi connectivity index (χ3n) is 8.29. The van der Waals surface area contributed by atoms with Gasteiger partial charge in [0, 0.05) is 24.6 Å². The molecule has 2 atom stereocenters. The third-order valence-corrected chi connectivity index (χ3v) is 8.29. The van der Waals surface area contributed by atoms with Gasteiger partial charge in [0.2, 0.25) is 5.91 Å². The lowest BCUT2D eigenvalue weighted by molar-refractivity contribution is -0.134. The van der Waals surface area contributed by atoms with Crippen LogP contribution in [0.1, 0.15) is 75.2 Å². The number of nitrogens with zero attached hydrogens (tertiary/aromatic N) is 2. The van der Waals surface area contributed by atoms with E-state index in [9.17, 15) is 9.59 Å². The number of carbonyl (C=O) groups is 2. The summed E-state index contributed by atoms with van der Waals surface area (Å²) in [6.45, 7) is 3.35. The summed E-state index contributed by atoms with van der Waals surface area (Å²) in [7, 11) is 3.24. The van der Waals surface area contributed by atoms with Gasteiger partial charge in [0.05, 0.1) is 32.4 Å². The Hall–Kier alpha value is -2.74. The molecule has 0 spiro atoms. The Bertz CT molecular complexity index is 1110. The molecule has 196 valence electrons. The second-order valence-corrected chi connectivity index (χ2v) is 10.7. The SMILES string of the molecule is COc1ccc(OC)c2c1cc1n2C[C@@](C)(C(=O)NC2CCCCCCC2)N(C[C@H]2CCCO2)C1=O. The number of benzene rings is 1. The summed E-state index contributed by atoms with van der Waals surface area (Å²) in [6.07, 6.45) is 9.77. The highest BCUT2D eigenvalue weighted by Crippen LogP contribution is 2.40. The van der Waals surface area contributed by atoms with Crippen molar-refractivity contribution in [1.82, 2.24) is 14.8 Å². The van der Waals surface area contributed by atoms with Crippen molar-refractivity contribution in [3.63, 3.8) is 0 Å². The van der Waals surface area contributed by atoms with Gasteiger partial charge in [0.25, 0.3) is 5.91 Å². The first-order valence-electron chi connectivity index (χ1n) is 13.4. The minimum absolute atomic E-state index is 0.0533. The van der Waals surface area contributed by atoms with Crippen LogP contribution < -0.4 is 14.8 Å². The first-order chi connectivity index (χ1) is 17.5. The van der Waals surface area contributed by atoms with Crippen LogP contribution in [-0.2, 0) is 16.1 Å². The predicted octanol–water partition coefficient (Wildman–Crippen LogP) is 4.28. The molecule has 8 nitrogen and oxygen atoms in total. The van der Waals surface area contributed by atoms with E-state index in [1.165, 1.54) is 19.3 Å². The van der Waals surface area contributed by atoms with Crippen LogP contribution in [0, 0.1) is 0 Å². The summed E-state index contributed by atoms with van der Waals surface area (Å²) in [5.41, 5.74) is 0.266. The lowest BCUT2D eigenvalue weighted by Crippen LogP contribution is -2.66. The van der Waals surface area contributed by atoms with Gasteiger partial charge in [-0.3, -0.25) is 9.59 Å². The Kier molecular flexibility index (Phi) is 7.15. The van der Waals surface area contributed by atoms with E-state index in [1.54, 1.807) is 19.1 Å². The molecule has 0 radical (unpaired) electrons. The summed E-state index contributed by atoms with van der Waals surface area (Å²) in [4.78, 5) is 29.9. The van der Waals surface area contributed by atoms with Gasteiger partial charge in [0.1, 0.15) is 22.7 Å². The molecule has 1 saturated heterocycles. The Labute approximate surface area is 213 Å². The highest BCUT2D eigenvalue weighted by molar-refractivity contribution is 6.06. The van der Waals surface area contributed by atoms with Crippen LogP contribution in [0.5, 0.6) is 11.5 Å². The Morgan fingerprint density at radius 3 is 2.42 bits per heavy atom. The molecule has 2 aromatic rings. The third kappa shape index (κ3) is 4.44. The standard InChI is InChI=1S/C28H39N3O5/c1-28(27(33)29-19-10-7-5-4-6-8-11-19)18-30-22(26(32)31(28)17-20-12-9-15-36-20)16-21-23(34-2)13-14-24(35-3)25(21)30/h13-14,16,19-20H,4-12,15,17-18H2,1-3H3,(H,29,33)/t20-,28+/m1/s1. The van der Waals surface area contributed by atoms with Crippen LogP contribution in [-0.4, -0.2) is 66.3 Å². The molecular formula is C28H39N3O5. The first-order valence-corrected chi connectivity index (χ1v) is 13.4.